The first kappa shape index (κ1) is 15.3. The van der Waals surface area contributed by atoms with Gasteiger partial charge in [-0.05, 0) is 25.0 Å². The van der Waals surface area contributed by atoms with Crippen LogP contribution in [0.2, 0.25) is 0 Å². The summed E-state index contributed by atoms with van der Waals surface area (Å²) in [6.45, 7) is 1.71. The minimum atomic E-state index is -3.44. The molecule has 3 heterocycles. The van der Waals surface area contributed by atoms with Gasteiger partial charge in [0.1, 0.15) is 4.21 Å². The van der Waals surface area contributed by atoms with E-state index in [1.807, 2.05) is 0 Å². The highest BCUT2D eigenvalue weighted by Crippen LogP contribution is 2.39. The normalized spacial score (nSPS) is 20.5. The third-order valence-electron chi connectivity index (χ3n) is 4.37. The zero-order valence-electron chi connectivity index (χ0n) is 12.6. The summed E-state index contributed by atoms with van der Waals surface area (Å²) in [4.78, 5) is 5.14. The molecule has 0 aromatic carbocycles. The molecule has 2 fully saturated rings. The Morgan fingerprint density at radius 3 is 2.70 bits per heavy atom. The standard InChI is InChI=1S/C15H18N2O4S2/c18-23(19,17-6-8-20-9-7-17)14-5-4-13(22-14)12-10-16-15(21-12)11-2-1-3-11/h4-5,10-11H,1-3,6-9H2. The first-order chi connectivity index (χ1) is 11.1. The first-order valence-corrected chi connectivity index (χ1v) is 10.0. The Morgan fingerprint density at radius 1 is 1.22 bits per heavy atom. The van der Waals surface area contributed by atoms with Gasteiger partial charge in [0, 0.05) is 19.0 Å². The zero-order valence-corrected chi connectivity index (χ0v) is 14.2. The molecule has 1 saturated carbocycles. The van der Waals surface area contributed by atoms with Gasteiger partial charge in [0.25, 0.3) is 10.0 Å². The molecule has 6 nitrogen and oxygen atoms in total. The molecule has 1 aliphatic heterocycles. The van der Waals surface area contributed by atoms with E-state index in [2.05, 4.69) is 4.98 Å². The molecule has 0 atom stereocenters. The molecule has 23 heavy (non-hydrogen) atoms. The predicted octanol–water partition coefficient (Wildman–Crippen LogP) is 2.69. The van der Waals surface area contributed by atoms with Gasteiger partial charge in [0.15, 0.2) is 11.7 Å². The van der Waals surface area contributed by atoms with Crippen LogP contribution in [0.4, 0.5) is 0 Å². The third kappa shape index (κ3) is 2.84. The van der Waals surface area contributed by atoms with Crippen LogP contribution >= 0.6 is 11.3 Å². The van der Waals surface area contributed by atoms with Crippen molar-refractivity contribution in [1.29, 1.82) is 0 Å². The summed E-state index contributed by atoms with van der Waals surface area (Å²) in [5.41, 5.74) is 0. The average Bonchev–Trinajstić information content (AvgIpc) is 3.15. The third-order valence-corrected chi connectivity index (χ3v) is 7.83. The molecular weight excluding hydrogens is 336 g/mol. The van der Waals surface area contributed by atoms with E-state index in [4.69, 9.17) is 9.15 Å². The molecule has 2 aromatic rings. The Morgan fingerprint density at radius 2 is 2.00 bits per heavy atom. The summed E-state index contributed by atoms with van der Waals surface area (Å²) in [5, 5.41) is 0. The lowest BCUT2D eigenvalue weighted by Gasteiger charge is -2.25. The van der Waals surface area contributed by atoms with Gasteiger partial charge in [0.05, 0.1) is 24.3 Å². The van der Waals surface area contributed by atoms with E-state index >= 15 is 0 Å². The lowest BCUT2D eigenvalue weighted by atomic mass is 9.85. The average molecular weight is 354 g/mol. The largest absolute Gasteiger partial charge is 0.440 e. The lowest BCUT2D eigenvalue weighted by molar-refractivity contribution is 0.0731. The number of oxazole rings is 1. The molecular formula is C15H18N2O4S2. The molecule has 1 aliphatic carbocycles. The zero-order chi connectivity index (χ0) is 15.9. The van der Waals surface area contributed by atoms with Gasteiger partial charge < -0.3 is 9.15 Å². The molecule has 0 bridgehead atoms. The van der Waals surface area contributed by atoms with E-state index in [9.17, 15) is 8.42 Å². The quantitative estimate of drug-likeness (QED) is 0.844. The Hall–Kier alpha value is -1.22. The molecule has 8 heteroatoms. The topological polar surface area (TPSA) is 72.6 Å². The highest BCUT2D eigenvalue weighted by Gasteiger charge is 2.29. The second-order valence-electron chi connectivity index (χ2n) is 5.83. The van der Waals surface area contributed by atoms with Gasteiger partial charge in [-0.3, -0.25) is 0 Å². The van der Waals surface area contributed by atoms with E-state index in [1.165, 1.54) is 22.1 Å². The van der Waals surface area contributed by atoms with Crippen molar-refractivity contribution in [1.82, 2.24) is 9.29 Å². The smallest absolute Gasteiger partial charge is 0.252 e. The van der Waals surface area contributed by atoms with Crippen molar-refractivity contribution >= 4 is 21.4 Å². The number of morpholine rings is 1. The van der Waals surface area contributed by atoms with Gasteiger partial charge in [0.2, 0.25) is 0 Å². The van der Waals surface area contributed by atoms with E-state index < -0.39 is 10.0 Å². The predicted molar refractivity (Wildman–Crippen MR) is 86.0 cm³/mol. The highest BCUT2D eigenvalue weighted by molar-refractivity contribution is 7.91. The summed E-state index contributed by atoms with van der Waals surface area (Å²) in [5.74, 6) is 1.86. The van der Waals surface area contributed by atoms with Gasteiger partial charge in [-0.1, -0.05) is 6.42 Å². The van der Waals surface area contributed by atoms with Crippen LogP contribution in [0.5, 0.6) is 0 Å². The second-order valence-corrected chi connectivity index (χ2v) is 9.07. The van der Waals surface area contributed by atoms with Crippen molar-refractivity contribution in [2.24, 2.45) is 0 Å². The number of aromatic nitrogens is 1. The summed E-state index contributed by atoms with van der Waals surface area (Å²) in [6, 6.07) is 3.44. The van der Waals surface area contributed by atoms with Crippen molar-refractivity contribution in [2.45, 2.75) is 29.4 Å². The molecule has 0 N–H and O–H groups in total. The molecule has 0 spiro atoms. The second kappa shape index (κ2) is 6.01. The fourth-order valence-electron chi connectivity index (χ4n) is 2.75. The number of hydrogen-bond donors (Lipinski definition) is 0. The Balaban J connectivity index is 1.57. The monoisotopic (exact) mass is 354 g/mol. The molecule has 2 aliphatic rings. The van der Waals surface area contributed by atoms with Crippen molar-refractivity contribution in [3.05, 3.63) is 24.2 Å². The maximum absolute atomic E-state index is 12.6. The van der Waals surface area contributed by atoms with Crippen LogP contribution in [0.15, 0.2) is 27.0 Å². The molecule has 1 saturated heterocycles. The molecule has 0 unspecified atom stereocenters. The van der Waals surface area contributed by atoms with Crippen molar-refractivity contribution in [3.8, 4) is 10.6 Å². The number of hydrogen-bond acceptors (Lipinski definition) is 6. The fourth-order valence-corrected chi connectivity index (χ4v) is 5.57. The van der Waals surface area contributed by atoms with E-state index in [0.29, 0.717) is 42.2 Å². The minimum absolute atomic E-state index is 0.344. The Bertz CT molecular complexity index is 786. The van der Waals surface area contributed by atoms with E-state index in [-0.39, 0.29) is 0 Å². The highest BCUT2D eigenvalue weighted by atomic mass is 32.2. The number of rotatable bonds is 4. The van der Waals surface area contributed by atoms with Crippen LogP contribution in [0.3, 0.4) is 0 Å². The molecule has 4 rings (SSSR count). The summed E-state index contributed by atoms with van der Waals surface area (Å²) < 4.78 is 38.1. The number of thiophene rings is 1. The molecule has 0 radical (unpaired) electrons. The van der Waals surface area contributed by atoms with Crippen LogP contribution in [0.25, 0.3) is 10.6 Å². The van der Waals surface area contributed by atoms with Gasteiger partial charge in [-0.15, -0.1) is 11.3 Å². The van der Waals surface area contributed by atoms with Crippen molar-refractivity contribution in [2.75, 3.05) is 26.3 Å². The van der Waals surface area contributed by atoms with E-state index in [0.717, 1.165) is 23.6 Å². The Kier molecular flexibility index (Phi) is 4.00. The number of ether oxygens (including phenoxy) is 1. The van der Waals surface area contributed by atoms with Crippen LogP contribution in [-0.2, 0) is 14.8 Å². The van der Waals surface area contributed by atoms with Crippen LogP contribution in [-0.4, -0.2) is 44.0 Å². The SMILES string of the molecule is O=S(=O)(c1ccc(-c2cnc(C3CCC3)o2)s1)N1CCOCC1. The van der Waals surface area contributed by atoms with Gasteiger partial charge in [-0.25, -0.2) is 13.4 Å². The lowest BCUT2D eigenvalue weighted by Crippen LogP contribution is -2.40. The van der Waals surface area contributed by atoms with Gasteiger partial charge >= 0.3 is 0 Å². The first-order valence-electron chi connectivity index (χ1n) is 7.78. The maximum atomic E-state index is 12.6. The molecule has 2 aromatic heterocycles. The van der Waals surface area contributed by atoms with Crippen LogP contribution < -0.4 is 0 Å². The summed E-state index contributed by atoms with van der Waals surface area (Å²) in [6.07, 6.45) is 5.18. The summed E-state index contributed by atoms with van der Waals surface area (Å²) in [7, 11) is -3.44. The molecule has 0 amide bonds. The number of nitrogens with zero attached hydrogens (tertiary/aromatic N) is 2. The molecule has 124 valence electrons. The van der Waals surface area contributed by atoms with E-state index in [1.54, 1.807) is 18.3 Å². The maximum Gasteiger partial charge on any atom is 0.252 e. The minimum Gasteiger partial charge on any atom is -0.440 e. The van der Waals surface area contributed by atoms with Gasteiger partial charge in [-0.2, -0.15) is 4.31 Å². The van der Waals surface area contributed by atoms with Crippen LogP contribution in [0.1, 0.15) is 31.1 Å². The van der Waals surface area contributed by atoms with Crippen molar-refractivity contribution < 1.29 is 17.6 Å². The fraction of sp³-hybridized carbons (Fsp3) is 0.533. The van der Waals surface area contributed by atoms with Crippen molar-refractivity contribution in [3.63, 3.8) is 0 Å². The summed E-state index contributed by atoms with van der Waals surface area (Å²) >= 11 is 1.23. The number of sulfonamides is 1. The van der Waals surface area contributed by atoms with Crippen LogP contribution in [0, 0.1) is 0 Å². The Labute approximate surface area is 139 Å².